The lowest BCUT2D eigenvalue weighted by Gasteiger charge is -2.30. The third-order valence-electron chi connectivity index (χ3n) is 4.62. The fourth-order valence-corrected chi connectivity index (χ4v) is 4.42. The number of carbonyl (C=O) groups is 1. The summed E-state index contributed by atoms with van der Waals surface area (Å²) in [7, 11) is -0.140. The summed E-state index contributed by atoms with van der Waals surface area (Å²) in [5.74, 6) is 0.300. The molecule has 0 bridgehead atoms. The molecule has 1 atom stereocenters. The summed E-state index contributed by atoms with van der Waals surface area (Å²) in [5.41, 5.74) is 0.432. The van der Waals surface area contributed by atoms with Gasteiger partial charge in [-0.15, -0.1) is 0 Å². The van der Waals surface area contributed by atoms with Crippen molar-refractivity contribution in [2.45, 2.75) is 46.5 Å². The Labute approximate surface area is 186 Å². The molecule has 0 spiro atoms. The summed E-state index contributed by atoms with van der Waals surface area (Å²) in [5, 5.41) is 0.472. The first kappa shape index (κ1) is 23.9. The molecular weight excluding hydrogens is 501 g/mol. The molecule has 160 valence electrons. The van der Waals surface area contributed by atoms with Gasteiger partial charge in [-0.2, -0.15) is 0 Å². The maximum atomic E-state index is 13.1. The number of methoxy groups -OCH3 is 1. The van der Waals surface area contributed by atoms with Crippen molar-refractivity contribution in [3.05, 3.63) is 37.7 Å². The molecule has 2 aromatic rings. The molecule has 1 heterocycles. The maximum Gasteiger partial charge on any atom is 0.343 e. The van der Waals surface area contributed by atoms with Gasteiger partial charge in [0.2, 0.25) is 5.43 Å². The molecule has 1 aromatic carbocycles. The Bertz CT molecular complexity index is 949. The van der Waals surface area contributed by atoms with Crippen LogP contribution in [-0.2, 0) is 9.16 Å². The Kier molecular flexibility index (Phi) is 7.91. The van der Waals surface area contributed by atoms with Crippen LogP contribution in [0.25, 0.3) is 10.9 Å². The molecule has 29 heavy (non-hydrogen) atoms. The number of nitrogens with zero attached hydrogens (tertiary/aromatic N) is 1. The summed E-state index contributed by atoms with van der Waals surface area (Å²) < 4.78 is 19.6. The van der Waals surface area contributed by atoms with Crippen molar-refractivity contribution in [1.29, 1.82) is 0 Å². The molecule has 0 aliphatic carbocycles. The topological polar surface area (TPSA) is 66.8 Å². The van der Waals surface area contributed by atoms with Crippen LogP contribution in [0.3, 0.4) is 0 Å². The zero-order valence-corrected chi connectivity index (χ0v) is 21.3. The summed E-state index contributed by atoms with van der Waals surface area (Å²) >= 11 is 2.13. The Morgan fingerprint density at radius 3 is 2.41 bits per heavy atom. The first-order valence-corrected chi connectivity index (χ1v) is 14.2. The minimum atomic E-state index is -1.74. The highest BCUT2D eigenvalue weighted by Gasteiger charge is 2.25. The summed E-state index contributed by atoms with van der Waals surface area (Å²) in [4.78, 5) is 25.6. The third kappa shape index (κ3) is 5.61. The number of esters is 1. The van der Waals surface area contributed by atoms with Crippen LogP contribution in [0.15, 0.2) is 23.1 Å². The number of rotatable bonds is 8. The highest BCUT2D eigenvalue weighted by atomic mass is 127. The minimum absolute atomic E-state index is 0.0407. The Morgan fingerprint density at radius 1 is 1.24 bits per heavy atom. The Morgan fingerprint density at radius 2 is 1.90 bits per heavy atom. The van der Waals surface area contributed by atoms with Crippen LogP contribution in [0, 0.1) is 9.49 Å². The van der Waals surface area contributed by atoms with Crippen LogP contribution in [0.5, 0.6) is 5.75 Å². The van der Waals surface area contributed by atoms with E-state index in [-0.39, 0.29) is 29.6 Å². The smallest absolute Gasteiger partial charge is 0.343 e. The highest BCUT2D eigenvalue weighted by Crippen LogP contribution is 2.30. The van der Waals surface area contributed by atoms with Gasteiger partial charge in [-0.05, 0) is 61.1 Å². The van der Waals surface area contributed by atoms with E-state index in [0.717, 1.165) is 9.09 Å². The monoisotopic (exact) mass is 531 g/mol. The van der Waals surface area contributed by atoms with Crippen molar-refractivity contribution in [2.75, 3.05) is 20.3 Å². The molecule has 2 rings (SSSR count). The normalized spacial score (nSPS) is 13.0. The quantitative estimate of drug-likeness (QED) is 0.277. The number of carbonyl (C=O) groups excluding carboxylic acids is 1. The van der Waals surface area contributed by atoms with Crippen LogP contribution in [0.4, 0.5) is 0 Å². The Hall–Kier alpha value is -1.39. The zero-order chi connectivity index (χ0) is 21.9. The van der Waals surface area contributed by atoms with E-state index >= 15 is 0 Å². The molecule has 6 nitrogen and oxygen atoms in total. The second kappa shape index (κ2) is 9.61. The van der Waals surface area contributed by atoms with Crippen LogP contribution in [0.1, 0.15) is 37.2 Å². The number of halogens is 1. The van der Waals surface area contributed by atoms with Gasteiger partial charge in [0.1, 0.15) is 11.3 Å². The summed E-state index contributed by atoms with van der Waals surface area (Å²) in [6.45, 7) is 13.1. The number of fused-ring (bicyclic) bond motifs is 1. The molecule has 1 aromatic heterocycles. The number of hydrogen-bond donors (Lipinski definition) is 0. The molecule has 0 amide bonds. The van der Waals surface area contributed by atoms with Crippen molar-refractivity contribution < 1.29 is 18.7 Å². The van der Waals surface area contributed by atoms with Crippen molar-refractivity contribution in [2.24, 2.45) is 5.92 Å². The van der Waals surface area contributed by atoms with E-state index in [1.165, 1.54) is 0 Å². The van der Waals surface area contributed by atoms with Gasteiger partial charge >= 0.3 is 5.97 Å². The van der Waals surface area contributed by atoms with Gasteiger partial charge in [-0.3, -0.25) is 4.79 Å². The number of ether oxygens (including phenoxy) is 2. The summed E-state index contributed by atoms with van der Waals surface area (Å²) in [6, 6.07) is 3.58. The Balaban J connectivity index is 2.79. The van der Waals surface area contributed by atoms with Crippen molar-refractivity contribution in [3.8, 4) is 5.75 Å². The van der Waals surface area contributed by atoms with E-state index in [0.29, 0.717) is 17.7 Å². The molecule has 0 aliphatic rings. The van der Waals surface area contributed by atoms with Crippen molar-refractivity contribution in [1.82, 2.24) is 4.57 Å². The van der Waals surface area contributed by atoms with Crippen LogP contribution in [-0.4, -0.2) is 39.2 Å². The van der Waals surface area contributed by atoms with E-state index < -0.39 is 14.3 Å². The predicted octanol–water partition coefficient (Wildman–Crippen LogP) is 4.84. The van der Waals surface area contributed by atoms with Gasteiger partial charge in [0.25, 0.3) is 0 Å². The van der Waals surface area contributed by atoms with Gasteiger partial charge < -0.3 is 18.5 Å². The molecule has 8 heteroatoms. The number of aromatic nitrogens is 1. The summed E-state index contributed by atoms with van der Waals surface area (Å²) in [6.07, 6.45) is 1.62. The lowest BCUT2D eigenvalue weighted by molar-refractivity contribution is 0.0523. The molecule has 0 unspecified atom stereocenters. The van der Waals surface area contributed by atoms with E-state index in [1.807, 2.05) is 10.6 Å². The molecule has 0 N–H and O–H groups in total. The van der Waals surface area contributed by atoms with Gasteiger partial charge in [-0.25, -0.2) is 4.79 Å². The van der Waals surface area contributed by atoms with E-state index in [4.69, 9.17) is 13.9 Å². The van der Waals surface area contributed by atoms with Crippen LogP contribution < -0.4 is 10.2 Å². The molecule has 0 aliphatic heterocycles. The number of hydrogen-bond acceptors (Lipinski definition) is 5. The van der Waals surface area contributed by atoms with Crippen LogP contribution >= 0.6 is 22.6 Å². The standard InChI is InChI=1S/C21H30INO5Si/c1-8-27-21(25)15-11-23(18(13(2)3)12-28-29(5,6)7)17-10-19(26-4)16(22)9-14(17)20(15)24/h9-11,13,18H,8,12H2,1-7H3/t18-/m1/s1. The van der Waals surface area contributed by atoms with E-state index in [2.05, 4.69) is 56.1 Å². The lowest BCUT2D eigenvalue weighted by atomic mass is 10.0. The second-order valence-electron chi connectivity index (χ2n) is 8.24. The number of pyridine rings is 1. The lowest BCUT2D eigenvalue weighted by Crippen LogP contribution is -2.32. The SMILES string of the molecule is CCOC(=O)c1cn([C@H](CO[Si](C)(C)C)C(C)C)c2cc(OC)c(I)cc2c1=O. The number of benzene rings is 1. The zero-order valence-electron chi connectivity index (χ0n) is 18.2. The molecule has 0 saturated carbocycles. The average molecular weight is 531 g/mol. The molecule has 0 saturated heterocycles. The molecule has 0 radical (unpaired) electrons. The average Bonchev–Trinajstić information content (AvgIpc) is 2.62. The minimum Gasteiger partial charge on any atom is -0.496 e. The first-order chi connectivity index (χ1) is 13.5. The first-order valence-electron chi connectivity index (χ1n) is 9.73. The largest absolute Gasteiger partial charge is 0.496 e. The van der Waals surface area contributed by atoms with E-state index in [9.17, 15) is 9.59 Å². The fraction of sp³-hybridized carbons (Fsp3) is 0.524. The van der Waals surface area contributed by atoms with Crippen LogP contribution in [0.2, 0.25) is 19.6 Å². The molecule has 0 fully saturated rings. The predicted molar refractivity (Wildman–Crippen MR) is 127 cm³/mol. The van der Waals surface area contributed by atoms with Crippen molar-refractivity contribution >= 4 is 47.8 Å². The van der Waals surface area contributed by atoms with Gasteiger partial charge in [0.05, 0.1) is 35.5 Å². The fourth-order valence-electron chi connectivity index (χ4n) is 3.06. The highest BCUT2D eigenvalue weighted by molar-refractivity contribution is 14.1. The van der Waals surface area contributed by atoms with Gasteiger partial charge in [0, 0.05) is 17.6 Å². The molecular formula is C21H30INO5Si. The van der Waals surface area contributed by atoms with Gasteiger partial charge in [0.15, 0.2) is 8.32 Å². The van der Waals surface area contributed by atoms with Gasteiger partial charge in [-0.1, -0.05) is 13.8 Å². The second-order valence-corrected chi connectivity index (χ2v) is 13.9. The van der Waals surface area contributed by atoms with Crippen molar-refractivity contribution in [3.63, 3.8) is 0 Å². The maximum absolute atomic E-state index is 13.1. The van der Waals surface area contributed by atoms with E-state index in [1.54, 1.807) is 26.3 Å². The third-order valence-corrected chi connectivity index (χ3v) is 6.49.